The van der Waals surface area contributed by atoms with E-state index in [2.05, 4.69) is 24.5 Å². The Hall–Kier alpha value is -2.04. The maximum atomic E-state index is 12.1. The lowest BCUT2D eigenvalue weighted by Gasteiger charge is -2.18. The molecule has 23 heavy (non-hydrogen) atoms. The van der Waals surface area contributed by atoms with E-state index in [1.807, 2.05) is 43.0 Å². The third kappa shape index (κ3) is 7.17. The minimum absolute atomic E-state index is 0.127. The fourth-order valence-corrected chi connectivity index (χ4v) is 2.22. The Bertz CT molecular complexity index is 493. The number of benzene rings is 1. The van der Waals surface area contributed by atoms with Crippen molar-refractivity contribution in [2.45, 2.75) is 40.5 Å². The summed E-state index contributed by atoms with van der Waals surface area (Å²) in [6.45, 7) is 10.3. The number of carbonyl (C=O) groups excluding carboxylic acids is 2. The van der Waals surface area contributed by atoms with Crippen LogP contribution in [0.25, 0.3) is 0 Å². The zero-order valence-electron chi connectivity index (χ0n) is 14.7. The van der Waals surface area contributed by atoms with Crippen LogP contribution in [0.2, 0.25) is 0 Å². The number of rotatable bonds is 8. The number of amides is 3. The normalized spacial score (nSPS) is 10.5. The largest absolute Gasteiger partial charge is 0.343 e. The van der Waals surface area contributed by atoms with E-state index < -0.39 is 0 Å². The number of carbonyl (C=O) groups is 2. The topological polar surface area (TPSA) is 61.4 Å². The molecular weight excluding hydrogens is 290 g/mol. The fourth-order valence-electron chi connectivity index (χ4n) is 2.22. The summed E-state index contributed by atoms with van der Waals surface area (Å²) < 4.78 is 0. The highest BCUT2D eigenvalue weighted by molar-refractivity contribution is 5.89. The van der Waals surface area contributed by atoms with Gasteiger partial charge in [0.1, 0.15) is 0 Å². The number of urea groups is 1. The molecule has 0 atom stereocenters. The van der Waals surface area contributed by atoms with Gasteiger partial charge >= 0.3 is 6.03 Å². The molecule has 0 bridgehead atoms. The van der Waals surface area contributed by atoms with Crippen LogP contribution in [0.3, 0.4) is 0 Å². The van der Waals surface area contributed by atoms with Gasteiger partial charge in [-0.1, -0.05) is 26.0 Å². The van der Waals surface area contributed by atoms with Crippen LogP contribution >= 0.6 is 0 Å². The zero-order valence-corrected chi connectivity index (χ0v) is 14.7. The summed E-state index contributed by atoms with van der Waals surface area (Å²) in [5.74, 6) is 0.695. The van der Waals surface area contributed by atoms with Crippen LogP contribution in [0.4, 0.5) is 10.5 Å². The smallest absolute Gasteiger partial charge is 0.319 e. The first-order valence-electron chi connectivity index (χ1n) is 8.37. The molecule has 1 rings (SSSR count). The maximum Gasteiger partial charge on any atom is 0.319 e. The molecule has 0 heterocycles. The van der Waals surface area contributed by atoms with Gasteiger partial charge in [0, 0.05) is 25.3 Å². The number of nitrogens with one attached hydrogen (secondary N) is 2. The molecule has 1 aromatic rings. The van der Waals surface area contributed by atoms with E-state index in [1.54, 1.807) is 0 Å². The van der Waals surface area contributed by atoms with Crippen LogP contribution in [-0.2, 0) is 11.2 Å². The Balaban J connectivity index is 2.47. The number of nitrogens with zero attached hydrogens (tertiary/aromatic N) is 1. The molecule has 0 aromatic heterocycles. The molecule has 3 amide bonds. The summed E-state index contributed by atoms with van der Waals surface area (Å²) in [7, 11) is 0. The summed E-state index contributed by atoms with van der Waals surface area (Å²) in [6, 6.07) is 7.22. The second-order valence-corrected chi connectivity index (χ2v) is 6.00. The molecule has 0 unspecified atom stereocenters. The molecular formula is C18H29N3O2. The Labute approximate surface area is 139 Å². The molecule has 0 fully saturated rings. The van der Waals surface area contributed by atoms with Crippen molar-refractivity contribution < 1.29 is 9.59 Å². The van der Waals surface area contributed by atoms with Crippen molar-refractivity contribution in [3.05, 3.63) is 29.8 Å². The van der Waals surface area contributed by atoms with Gasteiger partial charge in [0.2, 0.25) is 5.91 Å². The van der Waals surface area contributed by atoms with Gasteiger partial charge in [0.15, 0.2) is 0 Å². The second-order valence-electron chi connectivity index (χ2n) is 6.00. The van der Waals surface area contributed by atoms with Gasteiger partial charge < -0.3 is 15.5 Å². The van der Waals surface area contributed by atoms with Gasteiger partial charge in [-0.3, -0.25) is 4.79 Å². The highest BCUT2D eigenvalue weighted by Gasteiger charge is 2.10. The van der Waals surface area contributed by atoms with Gasteiger partial charge in [-0.15, -0.1) is 0 Å². The van der Waals surface area contributed by atoms with Crippen molar-refractivity contribution in [2.24, 2.45) is 5.92 Å². The highest BCUT2D eigenvalue weighted by atomic mass is 16.2. The Kier molecular flexibility index (Phi) is 8.16. The van der Waals surface area contributed by atoms with E-state index in [1.165, 1.54) is 0 Å². The van der Waals surface area contributed by atoms with E-state index in [0.717, 1.165) is 30.8 Å². The summed E-state index contributed by atoms with van der Waals surface area (Å²) in [5.41, 5.74) is 1.68. The van der Waals surface area contributed by atoms with E-state index in [9.17, 15) is 9.59 Å². The SMILES string of the molecule is CCN(CC)C(=O)Cc1ccc(NC(=O)NCCC(C)C)cc1. The molecule has 128 valence electrons. The molecule has 0 saturated carbocycles. The van der Waals surface area contributed by atoms with Gasteiger partial charge in [0.25, 0.3) is 0 Å². The first-order chi connectivity index (χ1) is 11.0. The molecule has 0 aliphatic carbocycles. The van der Waals surface area contributed by atoms with Crippen molar-refractivity contribution in [1.82, 2.24) is 10.2 Å². The van der Waals surface area contributed by atoms with Crippen LogP contribution in [0.1, 0.15) is 39.7 Å². The van der Waals surface area contributed by atoms with Crippen LogP contribution in [-0.4, -0.2) is 36.5 Å². The van der Waals surface area contributed by atoms with Crippen LogP contribution in [0.5, 0.6) is 0 Å². The molecule has 0 spiro atoms. The predicted octanol–water partition coefficient (Wildman–Crippen LogP) is 3.27. The Morgan fingerprint density at radius 2 is 1.70 bits per heavy atom. The van der Waals surface area contributed by atoms with Crippen molar-refractivity contribution in [2.75, 3.05) is 25.0 Å². The molecule has 5 heteroatoms. The quantitative estimate of drug-likeness (QED) is 0.772. The highest BCUT2D eigenvalue weighted by Crippen LogP contribution is 2.11. The second kappa shape index (κ2) is 9.87. The monoisotopic (exact) mass is 319 g/mol. The summed E-state index contributed by atoms with van der Waals surface area (Å²) in [5, 5.41) is 5.62. The molecule has 1 aromatic carbocycles. The average Bonchev–Trinajstić information content (AvgIpc) is 2.50. The van der Waals surface area contributed by atoms with Crippen molar-refractivity contribution in [1.29, 1.82) is 0 Å². The summed E-state index contributed by atoms with van der Waals surface area (Å²) in [4.78, 5) is 25.6. The molecule has 0 aliphatic heterocycles. The van der Waals surface area contributed by atoms with Crippen LogP contribution in [0, 0.1) is 5.92 Å². The standard InChI is InChI=1S/C18H29N3O2/c1-5-21(6-2)17(22)13-15-7-9-16(10-8-15)20-18(23)19-12-11-14(3)4/h7-10,14H,5-6,11-13H2,1-4H3,(H2,19,20,23). The van der Waals surface area contributed by atoms with E-state index in [4.69, 9.17) is 0 Å². The van der Waals surface area contributed by atoms with E-state index in [-0.39, 0.29) is 11.9 Å². The minimum Gasteiger partial charge on any atom is -0.343 e. The molecule has 0 radical (unpaired) electrons. The lowest BCUT2D eigenvalue weighted by Crippen LogP contribution is -2.31. The number of hydrogen-bond acceptors (Lipinski definition) is 2. The fraction of sp³-hybridized carbons (Fsp3) is 0.556. The number of likely N-dealkylation sites (N-methyl/N-ethyl adjacent to an activating group) is 1. The van der Waals surface area contributed by atoms with E-state index >= 15 is 0 Å². The number of anilines is 1. The van der Waals surface area contributed by atoms with Crippen LogP contribution in [0.15, 0.2) is 24.3 Å². The van der Waals surface area contributed by atoms with Gasteiger partial charge in [0.05, 0.1) is 6.42 Å². The summed E-state index contributed by atoms with van der Waals surface area (Å²) >= 11 is 0. The maximum absolute atomic E-state index is 12.1. The molecule has 0 aliphatic rings. The number of hydrogen-bond donors (Lipinski definition) is 2. The first-order valence-corrected chi connectivity index (χ1v) is 8.37. The first kappa shape index (κ1) is 19.0. The van der Waals surface area contributed by atoms with E-state index in [0.29, 0.717) is 18.9 Å². The lowest BCUT2D eigenvalue weighted by molar-refractivity contribution is -0.130. The van der Waals surface area contributed by atoms with Gasteiger partial charge in [-0.2, -0.15) is 0 Å². The van der Waals surface area contributed by atoms with Gasteiger partial charge in [-0.25, -0.2) is 4.79 Å². The average molecular weight is 319 g/mol. The zero-order chi connectivity index (χ0) is 17.2. The Morgan fingerprint density at radius 1 is 1.09 bits per heavy atom. The van der Waals surface area contributed by atoms with Crippen molar-refractivity contribution in [3.63, 3.8) is 0 Å². The molecule has 0 saturated heterocycles. The lowest BCUT2D eigenvalue weighted by atomic mass is 10.1. The van der Waals surface area contributed by atoms with Gasteiger partial charge in [-0.05, 0) is 43.9 Å². The predicted molar refractivity (Wildman–Crippen MR) is 94.6 cm³/mol. The van der Waals surface area contributed by atoms with Crippen molar-refractivity contribution >= 4 is 17.6 Å². The Morgan fingerprint density at radius 3 is 2.22 bits per heavy atom. The summed E-state index contributed by atoms with van der Waals surface area (Å²) in [6.07, 6.45) is 1.35. The minimum atomic E-state index is -0.197. The molecule has 2 N–H and O–H groups in total. The van der Waals surface area contributed by atoms with Crippen LogP contribution < -0.4 is 10.6 Å². The molecule has 5 nitrogen and oxygen atoms in total. The third-order valence-electron chi connectivity index (χ3n) is 3.69. The van der Waals surface area contributed by atoms with Crippen molar-refractivity contribution in [3.8, 4) is 0 Å². The third-order valence-corrected chi connectivity index (χ3v) is 3.69.